The molecule has 3 nitrogen and oxygen atoms in total. The van der Waals surface area contributed by atoms with Crippen LogP contribution >= 0.6 is 11.6 Å². The molecule has 0 spiro atoms. The molecule has 0 saturated carbocycles. The van der Waals surface area contributed by atoms with E-state index in [0.29, 0.717) is 11.8 Å². The first-order valence-electron chi connectivity index (χ1n) is 5.23. The minimum absolute atomic E-state index is 0.0927. The van der Waals surface area contributed by atoms with Crippen LogP contribution in [0, 0.1) is 23.0 Å². The van der Waals surface area contributed by atoms with E-state index in [1.807, 2.05) is 6.07 Å². The Kier molecular flexibility index (Phi) is 3.54. The largest absolute Gasteiger partial charge is 0.396 e. The summed E-state index contributed by atoms with van der Waals surface area (Å²) in [4.78, 5) is 0. The summed E-state index contributed by atoms with van der Waals surface area (Å²) in [5.41, 5.74) is 6.40. The van der Waals surface area contributed by atoms with Gasteiger partial charge in [0.1, 0.15) is 11.9 Å². The summed E-state index contributed by atoms with van der Waals surface area (Å²) in [6.07, 6.45) is 0. The topological polar surface area (TPSA) is 61.8 Å². The second kappa shape index (κ2) is 5.12. The Labute approximate surface area is 113 Å². The van der Waals surface area contributed by atoms with Crippen LogP contribution in [0.4, 0.5) is 25.8 Å². The standard InChI is InChI=1S/C13H8ClF2N3/c14-9-4-8(15)5-10(16)13(9)19-11-3-1-2-7(6-17)12(11)18/h1-5,19H,18H2. The maximum Gasteiger partial charge on any atom is 0.151 e. The zero-order chi connectivity index (χ0) is 14.0. The molecule has 0 aliphatic rings. The number of benzene rings is 2. The van der Waals surface area contributed by atoms with Crippen molar-refractivity contribution < 1.29 is 8.78 Å². The predicted octanol–water partition coefficient (Wildman–Crippen LogP) is 3.82. The van der Waals surface area contributed by atoms with Gasteiger partial charge in [-0.2, -0.15) is 5.26 Å². The van der Waals surface area contributed by atoms with Crippen molar-refractivity contribution in [2.24, 2.45) is 0 Å². The molecule has 19 heavy (non-hydrogen) atoms. The van der Waals surface area contributed by atoms with Crippen molar-refractivity contribution in [3.63, 3.8) is 0 Å². The van der Waals surface area contributed by atoms with E-state index in [1.54, 1.807) is 12.1 Å². The molecule has 0 heterocycles. The number of anilines is 3. The summed E-state index contributed by atoms with van der Waals surface area (Å²) >= 11 is 5.76. The lowest BCUT2D eigenvalue weighted by Crippen LogP contribution is -2.01. The van der Waals surface area contributed by atoms with Crippen molar-refractivity contribution in [1.82, 2.24) is 0 Å². The quantitative estimate of drug-likeness (QED) is 0.822. The number of nitrogens with two attached hydrogens (primary N) is 1. The molecule has 96 valence electrons. The average Bonchev–Trinajstić information content (AvgIpc) is 2.35. The number of para-hydroxylation sites is 1. The Balaban J connectivity index is 2.46. The van der Waals surface area contributed by atoms with Crippen molar-refractivity contribution in [2.75, 3.05) is 11.1 Å². The van der Waals surface area contributed by atoms with E-state index >= 15 is 0 Å². The van der Waals surface area contributed by atoms with E-state index in [2.05, 4.69) is 5.32 Å². The normalized spacial score (nSPS) is 10.0. The van der Waals surface area contributed by atoms with Gasteiger partial charge < -0.3 is 11.1 Å². The fourth-order valence-electron chi connectivity index (χ4n) is 1.57. The van der Waals surface area contributed by atoms with E-state index in [1.165, 1.54) is 6.07 Å². The van der Waals surface area contributed by atoms with Crippen LogP contribution in [0.3, 0.4) is 0 Å². The van der Waals surface area contributed by atoms with E-state index in [0.717, 1.165) is 6.07 Å². The minimum Gasteiger partial charge on any atom is -0.396 e. The summed E-state index contributed by atoms with van der Waals surface area (Å²) in [6.45, 7) is 0. The maximum absolute atomic E-state index is 13.6. The number of hydrogen-bond acceptors (Lipinski definition) is 3. The van der Waals surface area contributed by atoms with Crippen molar-refractivity contribution >= 4 is 28.7 Å². The number of halogens is 3. The zero-order valence-electron chi connectivity index (χ0n) is 9.55. The van der Waals surface area contributed by atoms with Gasteiger partial charge in [0, 0.05) is 6.07 Å². The van der Waals surface area contributed by atoms with Crippen LogP contribution in [0.1, 0.15) is 5.56 Å². The number of nitriles is 1. The average molecular weight is 280 g/mol. The lowest BCUT2D eigenvalue weighted by atomic mass is 10.1. The molecule has 3 N–H and O–H groups in total. The SMILES string of the molecule is N#Cc1cccc(Nc2c(F)cc(F)cc2Cl)c1N. The molecule has 0 bridgehead atoms. The molecule has 6 heteroatoms. The van der Waals surface area contributed by atoms with Crippen molar-refractivity contribution in [3.8, 4) is 6.07 Å². The Morgan fingerprint density at radius 2 is 2.00 bits per heavy atom. The van der Waals surface area contributed by atoms with Crippen LogP contribution in [-0.2, 0) is 0 Å². The maximum atomic E-state index is 13.6. The summed E-state index contributed by atoms with van der Waals surface area (Å²) in [5, 5.41) is 11.4. The summed E-state index contributed by atoms with van der Waals surface area (Å²) in [5.74, 6) is -1.61. The fourth-order valence-corrected chi connectivity index (χ4v) is 1.81. The van der Waals surface area contributed by atoms with Gasteiger partial charge in [0.05, 0.1) is 27.6 Å². The molecule has 2 aromatic rings. The molecular formula is C13H8ClF2N3. The highest BCUT2D eigenvalue weighted by molar-refractivity contribution is 6.33. The first-order valence-corrected chi connectivity index (χ1v) is 5.61. The highest BCUT2D eigenvalue weighted by atomic mass is 35.5. The van der Waals surface area contributed by atoms with Crippen molar-refractivity contribution in [1.29, 1.82) is 5.26 Å². The number of hydrogen-bond donors (Lipinski definition) is 2. The fraction of sp³-hybridized carbons (Fsp3) is 0. The van der Waals surface area contributed by atoms with Crippen molar-refractivity contribution in [2.45, 2.75) is 0 Å². The number of nitrogens with one attached hydrogen (secondary N) is 1. The van der Waals surface area contributed by atoms with Crippen LogP contribution in [-0.4, -0.2) is 0 Å². The molecule has 2 aromatic carbocycles. The van der Waals surface area contributed by atoms with Gasteiger partial charge in [0.2, 0.25) is 0 Å². The highest BCUT2D eigenvalue weighted by Gasteiger charge is 2.12. The third kappa shape index (κ3) is 2.59. The molecule has 0 saturated heterocycles. The molecule has 0 fully saturated rings. The molecule has 0 atom stereocenters. The molecule has 0 aliphatic heterocycles. The molecule has 0 amide bonds. The van der Waals surface area contributed by atoms with E-state index < -0.39 is 11.6 Å². The lowest BCUT2D eigenvalue weighted by molar-refractivity contribution is 0.586. The van der Waals surface area contributed by atoms with Gasteiger partial charge in [-0.3, -0.25) is 0 Å². The second-order valence-corrected chi connectivity index (χ2v) is 4.16. The van der Waals surface area contributed by atoms with Gasteiger partial charge in [0.25, 0.3) is 0 Å². The summed E-state index contributed by atoms with van der Waals surface area (Å²) < 4.78 is 26.5. The monoisotopic (exact) mass is 279 g/mol. The Hall–Kier alpha value is -2.32. The zero-order valence-corrected chi connectivity index (χ0v) is 10.3. The first kappa shape index (κ1) is 13.1. The van der Waals surface area contributed by atoms with Crippen LogP contribution in [0.15, 0.2) is 30.3 Å². The van der Waals surface area contributed by atoms with Crippen LogP contribution in [0.2, 0.25) is 5.02 Å². The van der Waals surface area contributed by atoms with Gasteiger partial charge in [0.15, 0.2) is 5.82 Å². The van der Waals surface area contributed by atoms with Crippen LogP contribution in [0.5, 0.6) is 0 Å². The molecular weight excluding hydrogens is 272 g/mol. The van der Waals surface area contributed by atoms with Gasteiger partial charge >= 0.3 is 0 Å². The van der Waals surface area contributed by atoms with E-state index in [9.17, 15) is 8.78 Å². The Morgan fingerprint density at radius 3 is 2.63 bits per heavy atom. The van der Waals surface area contributed by atoms with Gasteiger partial charge in [-0.1, -0.05) is 17.7 Å². The highest BCUT2D eigenvalue weighted by Crippen LogP contribution is 2.32. The summed E-state index contributed by atoms with van der Waals surface area (Å²) in [7, 11) is 0. The van der Waals surface area contributed by atoms with Crippen LogP contribution < -0.4 is 11.1 Å². The molecule has 0 aromatic heterocycles. The number of nitrogens with zero attached hydrogens (tertiary/aromatic N) is 1. The lowest BCUT2D eigenvalue weighted by Gasteiger charge is -2.12. The predicted molar refractivity (Wildman–Crippen MR) is 70.2 cm³/mol. The Bertz CT molecular complexity index is 657. The minimum atomic E-state index is -0.841. The third-order valence-corrected chi connectivity index (χ3v) is 2.79. The van der Waals surface area contributed by atoms with E-state index in [4.69, 9.17) is 22.6 Å². The van der Waals surface area contributed by atoms with Gasteiger partial charge in [-0.05, 0) is 18.2 Å². The second-order valence-electron chi connectivity index (χ2n) is 3.75. The third-order valence-electron chi connectivity index (χ3n) is 2.49. The van der Waals surface area contributed by atoms with Crippen molar-refractivity contribution in [3.05, 3.63) is 52.6 Å². The van der Waals surface area contributed by atoms with Gasteiger partial charge in [-0.25, -0.2) is 8.78 Å². The van der Waals surface area contributed by atoms with E-state index in [-0.39, 0.29) is 22.0 Å². The number of nitrogen functional groups attached to an aromatic ring is 1. The molecule has 0 radical (unpaired) electrons. The molecule has 0 unspecified atom stereocenters. The number of rotatable bonds is 2. The molecule has 2 rings (SSSR count). The first-order chi connectivity index (χ1) is 9.02. The molecule has 0 aliphatic carbocycles. The Morgan fingerprint density at radius 1 is 1.26 bits per heavy atom. The summed E-state index contributed by atoms with van der Waals surface area (Å²) in [6, 6.07) is 8.28. The smallest absolute Gasteiger partial charge is 0.151 e. The van der Waals surface area contributed by atoms with Gasteiger partial charge in [-0.15, -0.1) is 0 Å². The van der Waals surface area contributed by atoms with Crippen LogP contribution in [0.25, 0.3) is 0 Å².